The number of methoxy groups -OCH3 is 1. The maximum atomic E-state index is 12.7. The van der Waals surface area contributed by atoms with Crippen molar-refractivity contribution in [2.75, 3.05) is 19.0 Å². The van der Waals surface area contributed by atoms with Gasteiger partial charge in [0.05, 0.1) is 18.4 Å². The van der Waals surface area contributed by atoms with E-state index in [0.717, 1.165) is 16.9 Å². The van der Waals surface area contributed by atoms with E-state index in [1.807, 2.05) is 61.5 Å². The number of hydrogen-bond donors (Lipinski definition) is 3. The fourth-order valence-corrected chi connectivity index (χ4v) is 3.22. The number of anilines is 1. The van der Waals surface area contributed by atoms with Crippen molar-refractivity contribution in [3.63, 3.8) is 0 Å². The monoisotopic (exact) mass is 445 g/mol. The van der Waals surface area contributed by atoms with Crippen molar-refractivity contribution in [3.8, 4) is 5.75 Å². The van der Waals surface area contributed by atoms with E-state index in [1.54, 1.807) is 31.4 Å². The van der Waals surface area contributed by atoms with Crippen LogP contribution >= 0.6 is 0 Å². The molecule has 0 saturated heterocycles. The van der Waals surface area contributed by atoms with Crippen molar-refractivity contribution in [2.24, 2.45) is 0 Å². The highest BCUT2D eigenvalue weighted by molar-refractivity contribution is 6.40. The lowest BCUT2D eigenvalue weighted by Crippen LogP contribution is -2.37. The Morgan fingerprint density at radius 3 is 2.18 bits per heavy atom. The summed E-state index contributed by atoms with van der Waals surface area (Å²) in [7, 11) is 1.59. The number of carbonyl (C=O) groups is 3. The van der Waals surface area contributed by atoms with Gasteiger partial charge in [0.2, 0.25) is 0 Å². The molecule has 3 aromatic carbocycles. The van der Waals surface area contributed by atoms with Crippen LogP contribution in [0.4, 0.5) is 5.69 Å². The van der Waals surface area contributed by atoms with Gasteiger partial charge in [0.1, 0.15) is 5.75 Å². The van der Waals surface area contributed by atoms with Gasteiger partial charge < -0.3 is 20.7 Å². The average molecular weight is 446 g/mol. The second-order valence-electron chi connectivity index (χ2n) is 7.55. The van der Waals surface area contributed by atoms with Crippen LogP contribution < -0.4 is 20.7 Å². The lowest BCUT2D eigenvalue weighted by atomic mass is 10.0. The molecule has 0 spiro atoms. The second-order valence-corrected chi connectivity index (χ2v) is 7.55. The highest BCUT2D eigenvalue weighted by Crippen LogP contribution is 2.16. The first kappa shape index (κ1) is 23.5. The standard InChI is InChI=1S/C26H27N3O4/c1-18(20-8-4-3-5-9-20)16-27-25(31)26(32)29-23-11-7-6-10-22(23)24(30)28-17-19-12-14-21(33-2)15-13-19/h3-15,18H,16-17H2,1-2H3,(H,27,31)(H,28,30)(H,29,32)/t18-/m1/s1. The molecule has 0 heterocycles. The zero-order valence-corrected chi connectivity index (χ0v) is 18.6. The van der Waals surface area contributed by atoms with Crippen LogP contribution in [0.15, 0.2) is 78.9 Å². The molecule has 0 fully saturated rings. The summed E-state index contributed by atoms with van der Waals surface area (Å²) in [6.45, 7) is 2.60. The number of hydrogen-bond acceptors (Lipinski definition) is 4. The van der Waals surface area contributed by atoms with Crippen molar-refractivity contribution < 1.29 is 19.1 Å². The van der Waals surface area contributed by atoms with Gasteiger partial charge in [0.25, 0.3) is 5.91 Å². The third kappa shape index (κ3) is 6.67. The maximum absolute atomic E-state index is 12.7. The molecular formula is C26H27N3O4. The Hall–Kier alpha value is -4.13. The van der Waals surface area contributed by atoms with Gasteiger partial charge in [0, 0.05) is 13.1 Å². The smallest absolute Gasteiger partial charge is 0.313 e. The van der Waals surface area contributed by atoms with E-state index in [-0.39, 0.29) is 23.1 Å². The summed E-state index contributed by atoms with van der Waals surface area (Å²) in [5.74, 6) is -1.16. The first-order valence-corrected chi connectivity index (χ1v) is 10.6. The van der Waals surface area contributed by atoms with Crippen LogP contribution in [0.5, 0.6) is 5.75 Å². The summed E-state index contributed by atoms with van der Waals surface area (Å²) in [5, 5.41) is 8.01. The summed E-state index contributed by atoms with van der Waals surface area (Å²) >= 11 is 0. The molecule has 7 heteroatoms. The van der Waals surface area contributed by atoms with Crippen LogP contribution in [-0.4, -0.2) is 31.4 Å². The van der Waals surface area contributed by atoms with Gasteiger partial charge in [-0.05, 0) is 41.3 Å². The lowest BCUT2D eigenvalue weighted by Gasteiger charge is -2.14. The minimum Gasteiger partial charge on any atom is -0.497 e. The van der Waals surface area contributed by atoms with Crippen LogP contribution in [-0.2, 0) is 16.1 Å². The molecule has 33 heavy (non-hydrogen) atoms. The Balaban J connectivity index is 1.56. The number of carbonyl (C=O) groups excluding carboxylic acids is 3. The molecule has 0 radical (unpaired) electrons. The van der Waals surface area contributed by atoms with Crippen LogP contribution in [0.1, 0.15) is 34.3 Å². The van der Waals surface area contributed by atoms with E-state index in [0.29, 0.717) is 13.1 Å². The molecule has 0 bridgehead atoms. The molecule has 0 aliphatic rings. The zero-order valence-electron chi connectivity index (χ0n) is 18.6. The van der Waals surface area contributed by atoms with Gasteiger partial charge >= 0.3 is 11.8 Å². The topological polar surface area (TPSA) is 96.5 Å². The Kier molecular flexibility index (Phi) is 8.18. The molecule has 3 rings (SSSR count). The number of ether oxygens (including phenoxy) is 1. The predicted octanol–water partition coefficient (Wildman–Crippen LogP) is 3.48. The van der Waals surface area contributed by atoms with Gasteiger partial charge in [-0.2, -0.15) is 0 Å². The molecular weight excluding hydrogens is 418 g/mol. The first-order valence-electron chi connectivity index (χ1n) is 10.6. The van der Waals surface area contributed by atoms with E-state index in [2.05, 4.69) is 16.0 Å². The van der Waals surface area contributed by atoms with Gasteiger partial charge in [-0.25, -0.2) is 0 Å². The number of nitrogens with one attached hydrogen (secondary N) is 3. The second kappa shape index (κ2) is 11.5. The van der Waals surface area contributed by atoms with E-state index in [1.165, 1.54) is 0 Å². The summed E-state index contributed by atoms with van der Waals surface area (Å²) in [6, 6.07) is 23.6. The Morgan fingerprint density at radius 1 is 0.818 bits per heavy atom. The third-order valence-corrected chi connectivity index (χ3v) is 5.18. The van der Waals surface area contributed by atoms with E-state index in [9.17, 15) is 14.4 Å². The first-order chi connectivity index (χ1) is 16.0. The molecule has 0 aliphatic heterocycles. The van der Waals surface area contributed by atoms with E-state index < -0.39 is 11.8 Å². The minimum absolute atomic E-state index is 0.0546. The fourth-order valence-electron chi connectivity index (χ4n) is 3.22. The summed E-state index contributed by atoms with van der Waals surface area (Å²) in [6.07, 6.45) is 0. The highest BCUT2D eigenvalue weighted by Gasteiger charge is 2.18. The minimum atomic E-state index is -0.828. The van der Waals surface area contributed by atoms with Crippen molar-refractivity contribution in [1.29, 1.82) is 0 Å². The predicted molar refractivity (Wildman–Crippen MR) is 127 cm³/mol. The Labute approximate surface area is 193 Å². The van der Waals surface area contributed by atoms with Crippen molar-refractivity contribution in [3.05, 3.63) is 95.6 Å². The number of benzene rings is 3. The Morgan fingerprint density at radius 2 is 1.48 bits per heavy atom. The summed E-state index contributed by atoms with van der Waals surface area (Å²) in [5.41, 5.74) is 2.50. The number of rotatable bonds is 8. The van der Waals surface area contributed by atoms with Crippen LogP contribution in [0, 0.1) is 0 Å². The molecule has 3 N–H and O–H groups in total. The number of para-hydroxylation sites is 1. The maximum Gasteiger partial charge on any atom is 0.313 e. The molecule has 3 amide bonds. The van der Waals surface area contributed by atoms with Gasteiger partial charge in [-0.15, -0.1) is 0 Å². The van der Waals surface area contributed by atoms with Crippen molar-refractivity contribution in [2.45, 2.75) is 19.4 Å². The molecule has 7 nitrogen and oxygen atoms in total. The van der Waals surface area contributed by atoms with Gasteiger partial charge in [0.15, 0.2) is 0 Å². The summed E-state index contributed by atoms with van der Waals surface area (Å²) in [4.78, 5) is 37.4. The molecule has 3 aromatic rings. The van der Waals surface area contributed by atoms with Crippen molar-refractivity contribution >= 4 is 23.4 Å². The summed E-state index contributed by atoms with van der Waals surface area (Å²) < 4.78 is 5.13. The molecule has 0 unspecified atom stereocenters. The fraction of sp³-hybridized carbons (Fsp3) is 0.192. The van der Waals surface area contributed by atoms with E-state index in [4.69, 9.17) is 4.74 Å². The average Bonchev–Trinajstić information content (AvgIpc) is 2.86. The highest BCUT2D eigenvalue weighted by atomic mass is 16.5. The van der Waals surface area contributed by atoms with Gasteiger partial charge in [-0.1, -0.05) is 61.5 Å². The molecule has 1 atom stereocenters. The molecule has 0 saturated carbocycles. The molecule has 0 aromatic heterocycles. The van der Waals surface area contributed by atoms with Crippen LogP contribution in [0.25, 0.3) is 0 Å². The molecule has 0 aliphatic carbocycles. The Bertz CT molecular complexity index is 1100. The SMILES string of the molecule is COc1ccc(CNC(=O)c2ccccc2NC(=O)C(=O)NC[C@@H](C)c2ccccc2)cc1. The zero-order chi connectivity index (χ0) is 23.6. The quantitative estimate of drug-likeness (QED) is 0.463. The molecule has 170 valence electrons. The third-order valence-electron chi connectivity index (χ3n) is 5.18. The number of amides is 3. The van der Waals surface area contributed by atoms with Crippen LogP contribution in [0.3, 0.4) is 0 Å². The van der Waals surface area contributed by atoms with Crippen molar-refractivity contribution in [1.82, 2.24) is 10.6 Å². The van der Waals surface area contributed by atoms with Gasteiger partial charge in [-0.3, -0.25) is 14.4 Å². The normalized spacial score (nSPS) is 11.2. The largest absolute Gasteiger partial charge is 0.497 e. The van der Waals surface area contributed by atoms with Crippen LogP contribution in [0.2, 0.25) is 0 Å². The lowest BCUT2D eigenvalue weighted by molar-refractivity contribution is -0.136. The van der Waals surface area contributed by atoms with E-state index >= 15 is 0 Å².